The lowest BCUT2D eigenvalue weighted by atomic mass is 10.0. The van der Waals surface area contributed by atoms with Crippen LogP contribution in [-0.2, 0) is 11.0 Å². The number of rotatable bonds is 6. The Kier molecular flexibility index (Phi) is 9.71. The van der Waals surface area contributed by atoms with Crippen molar-refractivity contribution in [3.05, 3.63) is 59.9 Å². The second kappa shape index (κ2) is 13.1. The number of aromatic nitrogens is 3. The van der Waals surface area contributed by atoms with Crippen LogP contribution in [0.3, 0.4) is 0 Å². The highest BCUT2D eigenvalue weighted by Crippen LogP contribution is 2.36. The molecule has 0 spiro atoms. The number of hydrogen-bond donors (Lipinski definition) is 1. The van der Waals surface area contributed by atoms with Crippen LogP contribution in [0.4, 0.5) is 18.3 Å². The molecule has 1 aliphatic heterocycles. The molecule has 0 bridgehead atoms. The van der Waals surface area contributed by atoms with Crippen molar-refractivity contribution in [2.75, 3.05) is 18.4 Å². The van der Waals surface area contributed by atoms with E-state index in [2.05, 4.69) is 50.9 Å². The Morgan fingerprint density at radius 1 is 1.21 bits per heavy atom. The van der Waals surface area contributed by atoms with Crippen LogP contribution in [0.15, 0.2) is 48.8 Å². The first-order chi connectivity index (χ1) is 19.6. The topological polar surface area (TPSA) is 80.2 Å². The summed E-state index contributed by atoms with van der Waals surface area (Å²) >= 11 is 1.31. The summed E-state index contributed by atoms with van der Waals surface area (Å²) in [7, 11) is 0. The number of ether oxygens (including phenoxy) is 1. The van der Waals surface area contributed by atoms with Crippen molar-refractivity contribution in [1.29, 1.82) is 0 Å². The molecule has 1 unspecified atom stereocenters. The zero-order valence-corrected chi connectivity index (χ0v) is 24.8. The number of nitrogens with one attached hydrogen (secondary N) is 1. The number of para-hydroxylation sites is 1. The summed E-state index contributed by atoms with van der Waals surface area (Å²) in [6.07, 6.45) is -1.32. The number of benzene rings is 2. The number of fused-ring (bicyclic) bond motifs is 1. The molecule has 1 saturated heterocycles. The van der Waals surface area contributed by atoms with Gasteiger partial charge in [0.15, 0.2) is 10.9 Å². The summed E-state index contributed by atoms with van der Waals surface area (Å²) in [6.45, 7) is 7.50. The number of amides is 1. The molecule has 7 nitrogen and oxygen atoms in total. The summed E-state index contributed by atoms with van der Waals surface area (Å²) in [4.78, 5) is 26.7. The molecule has 2 aromatic heterocycles. The van der Waals surface area contributed by atoms with Gasteiger partial charge < -0.3 is 10.1 Å². The SMILES string of the molecule is CC(=O)Nc1nc2c(Oc3cc(-c4ccc(C(F)(F)F)cc4C#CC4CCCN4CC(C)C)ncn3)cccc2s1.Cl. The molecule has 1 atom stereocenters. The predicted octanol–water partition coefficient (Wildman–Crippen LogP) is 7.42. The molecular formula is C30H29ClF3N5O2S. The molecule has 42 heavy (non-hydrogen) atoms. The largest absolute Gasteiger partial charge is 0.437 e. The average Bonchev–Trinajstić information content (AvgIpc) is 3.52. The van der Waals surface area contributed by atoms with Gasteiger partial charge in [0, 0.05) is 30.7 Å². The quantitative estimate of drug-likeness (QED) is 0.227. The van der Waals surface area contributed by atoms with Gasteiger partial charge in [0.1, 0.15) is 11.8 Å². The molecule has 1 aliphatic rings. The van der Waals surface area contributed by atoms with E-state index in [-0.39, 0.29) is 35.8 Å². The zero-order chi connectivity index (χ0) is 29.1. The molecule has 220 valence electrons. The minimum atomic E-state index is -4.51. The smallest absolute Gasteiger partial charge is 0.416 e. The molecule has 1 fully saturated rings. The van der Waals surface area contributed by atoms with Gasteiger partial charge in [0.2, 0.25) is 11.8 Å². The third kappa shape index (κ3) is 7.37. The van der Waals surface area contributed by atoms with Gasteiger partial charge in [-0.05, 0) is 49.6 Å². The number of halogens is 4. The number of carbonyl (C=O) groups excluding carboxylic acids is 1. The minimum absolute atomic E-state index is 0. The number of anilines is 1. The number of alkyl halides is 3. The third-order valence-corrected chi connectivity index (χ3v) is 7.42. The normalized spacial score (nSPS) is 15.3. The van der Waals surface area contributed by atoms with Gasteiger partial charge >= 0.3 is 6.18 Å². The minimum Gasteiger partial charge on any atom is -0.437 e. The molecule has 12 heteroatoms. The van der Waals surface area contributed by atoms with Gasteiger partial charge in [0.25, 0.3) is 0 Å². The van der Waals surface area contributed by atoms with E-state index < -0.39 is 11.7 Å². The van der Waals surface area contributed by atoms with E-state index in [1.54, 1.807) is 18.2 Å². The molecule has 3 heterocycles. The first-order valence-electron chi connectivity index (χ1n) is 13.2. The molecule has 0 aliphatic carbocycles. The van der Waals surface area contributed by atoms with Crippen LogP contribution in [0.25, 0.3) is 21.5 Å². The van der Waals surface area contributed by atoms with Gasteiger partial charge in [-0.1, -0.05) is 49.2 Å². The van der Waals surface area contributed by atoms with Crippen LogP contribution >= 0.6 is 23.7 Å². The maximum atomic E-state index is 13.6. The lowest BCUT2D eigenvalue weighted by molar-refractivity contribution is -0.137. The molecule has 4 aromatic rings. The van der Waals surface area contributed by atoms with Crippen LogP contribution in [0.1, 0.15) is 44.7 Å². The molecule has 2 aromatic carbocycles. The van der Waals surface area contributed by atoms with Gasteiger partial charge in [-0.3, -0.25) is 9.69 Å². The summed E-state index contributed by atoms with van der Waals surface area (Å²) in [6, 6.07) is 10.4. The van der Waals surface area contributed by atoms with Crippen LogP contribution in [0.2, 0.25) is 0 Å². The number of thiazole rings is 1. The van der Waals surface area contributed by atoms with Crippen LogP contribution in [0, 0.1) is 17.8 Å². The van der Waals surface area contributed by atoms with Gasteiger partial charge in [-0.2, -0.15) is 13.2 Å². The Morgan fingerprint density at radius 2 is 2.02 bits per heavy atom. The standard InChI is InChI=1S/C30H28F3N5O2S.ClH/c1-18(2)16-38-13-5-6-22(38)11-9-20-14-21(30(31,32)33)10-12-23(20)24-15-27(35-17-34-24)40-25-7-4-8-26-28(25)37-29(41-26)36-19(3)39;/h4,7-8,10,12,14-15,17-18,22H,5-6,13,16H2,1-3H3,(H,36,37,39);1H. The fraction of sp³-hybridized carbons (Fsp3) is 0.333. The van der Waals surface area contributed by atoms with Crippen molar-refractivity contribution in [3.63, 3.8) is 0 Å². The highest BCUT2D eigenvalue weighted by Gasteiger charge is 2.31. The number of nitrogens with zero attached hydrogens (tertiary/aromatic N) is 4. The highest BCUT2D eigenvalue weighted by molar-refractivity contribution is 7.22. The van der Waals surface area contributed by atoms with E-state index >= 15 is 0 Å². The lowest BCUT2D eigenvalue weighted by Gasteiger charge is -2.22. The van der Waals surface area contributed by atoms with E-state index in [1.165, 1.54) is 30.7 Å². The summed E-state index contributed by atoms with van der Waals surface area (Å²) < 4.78 is 47.7. The van der Waals surface area contributed by atoms with Crippen molar-refractivity contribution >= 4 is 45.0 Å². The van der Waals surface area contributed by atoms with E-state index in [0.29, 0.717) is 33.6 Å². The van der Waals surface area contributed by atoms with Crippen molar-refractivity contribution in [2.24, 2.45) is 5.92 Å². The maximum absolute atomic E-state index is 13.6. The Balaban J connectivity index is 0.00000405. The molecule has 0 saturated carbocycles. The lowest BCUT2D eigenvalue weighted by Crippen LogP contribution is -2.31. The van der Waals surface area contributed by atoms with E-state index in [9.17, 15) is 18.0 Å². The van der Waals surface area contributed by atoms with Crippen LogP contribution in [0.5, 0.6) is 11.6 Å². The Labute approximate surface area is 251 Å². The second-order valence-electron chi connectivity index (χ2n) is 10.2. The average molecular weight is 616 g/mol. The van der Waals surface area contributed by atoms with Gasteiger partial charge in [0.05, 0.1) is 22.0 Å². The van der Waals surface area contributed by atoms with Crippen molar-refractivity contribution in [2.45, 2.75) is 45.8 Å². The molecule has 0 radical (unpaired) electrons. The third-order valence-electron chi connectivity index (χ3n) is 6.48. The highest BCUT2D eigenvalue weighted by atomic mass is 35.5. The summed E-state index contributed by atoms with van der Waals surface area (Å²) in [5.74, 6) is 7.11. The Bertz CT molecular complexity index is 1650. The monoisotopic (exact) mass is 615 g/mol. The predicted molar refractivity (Wildman–Crippen MR) is 160 cm³/mol. The summed E-state index contributed by atoms with van der Waals surface area (Å²) in [5.41, 5.74) is 0.841. The molecule has 5 rings (SSSR count). The number of carbonyl (C=O) groups is 1. The van der Waals surface area contributed by atoms with Crippen LogP contribution in [-0.4, -0.2) is 44.9 Å². The van der Waals surface area contributed by atoms with Crippen LogP contribution < -0.4 is 10.1 Å². The first-order valence-corrected chi connectivity index (χ1v) is 14.0. The second-order valence-corrected chi connectivity index (χ2v) is 11.3. The van der Waals surface area contributed by atoms with Crippen molar-refractivity contribution in [1.82, 2.24) is 19.9 Å². The summed E-state index contributed by atoms with van der Waals surface area (Å²) in [5, 5.41) is 3.11. The van der Waals surface area contributed by atoms with Crippen molar-refractivity contribution in [3.8, 4) is 34.7 Å². The Morgan fingerprint density at radius 3 is 2.76 bits per heavy atom. The van der Waals surface area contributed by atoms with Crippen molar-refractivity contribution < 1.29 is 22.7 Å². The molecule has 1 amide bonds. The Hall–Kier alpha value is -3.72. The number of hydrogen-bond acceptors (Lipinski definition) is 7. The van der Waals surface area contributed by atoms with Gasteiger partial charge in [-0.25, -0.2) is 15.0 Å². The van der Waals surface area contributed by atoms with E-state index in [4.69, 9.17) is 4.74 Å². The zero-order valence-electron chi connectivity index (χ0n) is 23.2. The molecular weight excluding hydrogens is 587 g/mol. The van der Waals surface area contributed by atoms with Gasteiger partial charge in [-0.15, -0.1) is 12.4 Å². The molecule has 1 N–H and O–H groups in total. The van der Waals surface area contributed by atoms with E-state index in [0.717, 1.165) is 42.8 Å². The van der Waals surface area contributed by atoms with E-state index in [1.807, 2.05) is 6.07 Å². The fourth-order valence-corrected chi connectivity index (χ4v) is 5.68. The first kappa shape index (κ1) is 31.2. The number of likely N-dealkylation sites (tertiary alicyclic amines) is 1. The maximum Gasteiger partial charge on any atom is 0.416 e. The fourth-order valence-electron chi connectivity index (χ4n) is 4.75.